The molecule has 3 aromatic rings. The van der Waals surface area contributed by atoms with Gasteiger partial charge in [0.25, 0.3) is 0 Å². The number of sulfonamides is 1. The molecule has 2 aromatic carbocycles. The van der Waals surface area contributed by atoms with Crippen molar-refractivity contribution >= 4 is 15.9 Å². The molecule has 1 N–H and O–H groups in total. The number of benzene rings is 2. The van der Waals surface area contributed by atoms with Crippen LogP contribution in [0.2, 0.25) is 0 Å². The number of nitrogens with zero attached hydrogens (tertiary/aromatic N) is 3. The van der Waals surface area contributed by atoms with Crippen LogP contribution in [0.5, 0.6) is 0 Å². The number of hydrogen-bond donors (Lipinski definition) is 1. The fourth-order valence-corrected chi connectivity index (χ4v) is 4.68. The summed E-state index contributed by atoms with van der Waals surface area (Å²) < 4.78 is 38.5. The van der Waals surface area contributed by atoms with Crippen LogP contribution in [0.3, 0.4) is 0 Å². The predicted molar refractivity (Wildman–Crippen MR) is 119 cm³/mol. The van der Waals surface area contributed by atoms with E-state index in [1.54, 1.807) is 19.2 Å². The van der Waals surface area contributed by atoms with E-state index >= 15 is 0 Å². The quantitative estimate of drug-likeness (QED) is 0.556. The number of aromatic nitrogens is 1. The Morgan fingerprint density at radius 1 is 1.19 bits per heavy atom. The fraction of sp³-hybridized carbons (Fsp3) is 0.304. The Morgan fingerprint density at radius 2 is 1.94 bits per heavy atom. The van der Waals surface area contributed by atoms with Crippen molar-refractivity contribution in [2.75, 3.05) is 25.5 Å². The Kier molecular flexibility index (Phi) is 6.55. The SMILES string of the molecule is CN(Cc1ccccc1)S(=O)(=O)c1ccc(-c2nc(C#N)c(NC[C@H]3CCCO3)o2)cc1. The first-order valence-electron chi connectivity index (χ1n) is 10.3. The summed E-state index contributed by atoms with van der Waals surface area (Å²) >= 11 is 0. The van der Waals surface area contributed by atoms with Crippen LogP contribution in [-0.2, 0) is 21.3 Å². The highest BCUT2D eigenvalue weighted by Crippen LogP contribution is 2.27. The third-order valence-electron chi connectivity index (χ3n) is 5.30. The van der Waals surface area contributed by atoms with Crippen LogP contribution in [0.25, 0.3) is 11.5 Å². The van der Waals surface area contributed by atoms with E-state index < -0.39 is 10.0 Å². The van der Waals surface area contributed by atoms with Gasteiger partial charge in [0.05, 0.1) is 11.0 Å². The lowest BCUT2D eigenvalue weighted by molar-refractivity contribution is 0.120. The molecule has 4 rings (SSSR count). The largest absolute Gasteiger partial charge is 0.419 e. The maximum atomic E-state index is 12.9. The molecule has 0 unspecified atom stereocenters. The van der Waals surface area contributed by atoms with Crippen molar-refractivity contribution in [1.82, 2.24) is 9.29 Å². The first-order valence-corrected chi connectivity index (χ1v) is 11.8. The van der Waals surface area contributed by atoms with Crippen molar-refractivity contribution in [3.8, 4) is 17.5 Å². The maximum Gasteiger partial charge on any atom is 0.243 e. The number of ether oxygens (including phenoxy) is 1. The zero-order valence-electron chi connectivity index (χ0n) is 17.7. The van der Waals surface area contributed by atoms with Crippen molar-refractivity contribution in [1.29, 1.82) is 5.26 Å². The van der Waals surface area contributed by atoms with E-state index in [1.807, 2.05) is 36.4 Å². The molecular weight excluding hydrogens is 428 g/mol. The number of nitriles is 1. The lowest BCUT2D eigenvalue weighted by Crippen LogP contribution is -2.26. The molecule has 2 heterocycles. The smallest absolute Gasteiger partial charge is 0.243 e. The number of rotatable bonds is 8. The maximum absolute atomic E-state index is 12.9. The van der Waals surface area contributed by atoms with Gasteiger partial charge in [0.15, 0.2) is 0 Å². The zero-order valence-corrected chi connectivity index (χ0v) is 18.5. The van der Waals surface area contributed by atoms with Crippen molar-refractivity contribution in [2.24, 2.45) is 0 Å². The Labute approximate surface area is 187 Å². The molecule has 32 heavy (non-hydrogen) atoms. The third-order valence-corrected chi connectivity index (χ3v) is 7.12. The first-order chi connectivity index (χ1) is 15.5. The molecule has 0 saturated carbocycles. The summed E-state index contributed by atoms with van der Waals surface area (Å²) in [7, 11) is -2.11. The van der Waals surface area contributed by atoms with Gasteiger partial charge < -0.3 is 14.5 Å². The molecule has 1 fully saturated rings. The van der Waals surface area contributed by atoms with Crippen molar-refractivity contribution in [2.45, 2.75) is 30.4 Å². The highest BCUT2D eigenvalue weighted by molar-refractivity contribution is 7.89. The number of anilines is 1. The second-order valence-electron chi connectivity index (χ2n) is 7.60. The first kappa shape index (κ1) is 22.0. The number of nitrogens with one attached hydrogen (secondary N) is 1. The molecule has 0 radical (unpaired) electrons. The average Bonchev–Trinajstić information content (AvgIpc) is 3.48. The molecule has 0 amide bonds. The van der Waals surface area contributed by atoms with Crippen LogP contribution in [0.1, 0.15) is 24.1 Å². The van der Waals surface area contributed by atoms with Gasteiger partial charge >= 0.3 is 0 Å². The van der Waals surface area contributed by atoms with Crippen LogP contribution in [0.15, 0.2) is 63.9 Å². The Bertz CT molecular complexity index is 1200. The summed E-state index contributed by atoms with van der Waals surface area (Å²) in [6.07, 6.45) is 2.08. The van der Waals surface area contributed by atoms with E-state index in [-0.39, 0.29) is 35.0 Å². The zero-order chi connectivity index (χ0) is 22.6. The molecule has 0 spiro atoms. The molecule has 166 valence electrons. The van der Waals surface area contributed by atoms with Crippen molar-refractivity contribution in [3.63, 3.8) is 0 Å². The van der Waals surface area contributed by atoms with Gasteiger partial charge in [-0.2, -0.15) is 14.6 Å². The van der Waals surface area contributed by atoms with E-state index in [0.717, 1.165) is 25.0 Å². The van der Waals surface area contributed by atoms with Crippen LogP contribution in [0.4, 0.5) is 5.88 Å². The molecule has 9 heteroatoms. The molecule has 1 atom stereocenters. The number of oxazole rings is 1. The molecule has 1 saturated heterocycles. The topological polar surface area (TPSA) is 108 Å². The average molecular weight is 453 g/mol. The van der Waals surface area contributed by atoms with Crippen LogP contribution >= 0.6 is 0 Å². The van der Waals surface area contributed by atoms with Crippen LogP contribution in [0, 0.1) is 11.3 Å². The standard InChI is InChI=1S/C23H24N4O4S/c1-27(16-17-6-3-2-4-7-17)32(28,29)20-11-9-18(10-12-20)22-26-21(14-24)23(31-22)25-15-19-8-5-13-30-19/h2-4,6-7,9-12,19,25H,5,8,13,15-16H2,1H3/t19-/m1/s1. The molecule has 0 aliphatic carbocycles. The summed E-state index contributed by atoms with van der Waals surface area (Å²) in [4.78, 5) is 4.41. The van der Waals surface area contributed by atoms with Gasteiger partial charge in [-0.1, -0.05) is 30.3 Å². The van der Waals surface area contributed by atoms with E-state index in [9.17, 15) is 13.7 Å². The molecule has 0 bridgehead atoms. The summed E-state index contributed by atoms with van der Waals surface area (Å²) in [5, 5.41) is 12.5. The van der Waals surface area contributed by atoms with Crippen LogP contribution in [-0.4, -0.2) is 44.0 Å². The Hall–Kier alpha value is -3.19. The second-order valence-corrected chi connectivity index (χ2v) is 9.64. The Morgan fingerprint density at radius 3 is 2.59 bits per heavy atom. The van der Waals surface area contributed by atoms with Gasteiger partial charge in [0, 0.05) is 32.3 Å². The third kappa shape index (κ3) is 4.83. The van der Waals surface area contributed by atoms with E-state index in [2.05, 4.69) is 10.3 Å². The van der Waals surface area contributed by atoms with Crippen molar-refractivity contribution in [3.05, 3.63) is 65.9 Å². The van der Waals surface area contributed by atoms with Gasteiger partial charge in [0.2, 0.25) is 27.5 Å². The van der Waals surface area contributed by atoms with Gasteiger partial charge in [-0.25, -0.2) is 8.42 Å². The van der Waals surface area contributed by atoms with Gasteiger partial charge in [-0.15, -0.1) is 0 Å². The summed E-state index contributed by atoms with van der Waals surface area (Å²) in [6, 6.07) is 17.7. The highest BCUT2D eigenvalue weighted by atomic mass is 32.2. The molecule has 1 aliphatic rings. The monoisotopic (exact) mass is 452 g/mol. The van der Waals surface area contributed by atoms with Gasteiger partial charge in [0.1, 0.15) is 6.07 Å². The minimum atomic E-state index is -3.66. The lowest BCUT2D eigenvalue weighted by Gasteiger charge is -2.17. The normalized spacial score (nSPS) is 16.2. The van der Waals surface area contributed by atoms with Gasteiger partial charge in [-0.05, 0) is 42.7 Å². The molecule has 1 aliphatic heterocycles. The molecular formula is C23H24N4O4S. The van der Waals surface area contributed by atoms with E-state index in [4.69, 9.17) is 9.15 Å². The minimum Gasteiger partial charge on any atom is -0.419 e. The Balaban J connectivity index is 1.48. The molecule has 1 aromatic heterocycles. The van der Waals surface area contributed by atoms with Crippen LogP contribution < -0.4 is 5.32 Å². The second kappa shape index (κ2) is 9.53. The minimum absolute atomic E-state index is 0.0902. The highest BCUT2D eigenvalue weighted by Gasteiger charge is 2.22. The fourth-order valence-electron chi connectivity index (χ4n) is 3.53. The summed E-state index contributed by atoms with van der Waals surface area (Å²) in [5.41, 5.74) is 1.63. The van der Waals surface area contributed by atoms with Gasteiger partial charge in [-0.3, -0.25) is 0 Å². The molecule has 8 nitrogen and oxygen atoms in total. The van der Waals surface area contributed by atoms with E-state index in [1.165, 1.54) is 16.4 Å². The van der Waals surface area contributed by atoms with Crippen molar-refractivity contribution < 1.29 is 17.6 Å². The van der Waals surface area contributed by atoms with E-state index in [0.29, 0.717) is 12.1 Å². The summed E-state index contributed by atoms with van der Waals surface area (Å²) in [5.74, 6) is 0.537. The number of hydrogen-bond acceptors (Lipinski definition) is 7. The summed E-state index contributed by atoms with van der Waals surface area (Å²) in [6.45, 7) is 1.55. The lowest BCUT2D eigenvalue weighted by atomic mass is 10.2. The predicted octanol–water partition coefficient (Wildman–Crippen LogP) is 3.62.